The number of hydrogen-bond acceptors (Lipinski definition) is 5. The van der Waals surface area contributed by atoms with Gasteiger partial charge >= 0.3 is 0 Å². The van der Waals surface area contributed by atoms with Crippen LogP contribution in [0.2, 0.25) is 0 Å². The fourth-order valence-electron chi connectivity index (χ4n) is 1.79. The van der Waals surface area contributed by atoms with Crippen LogP contribution in [0.5, 0.6) is 0 Å². The molecule has 0 aliphatic rings. The Morgan fingerprint density at radius 3 is 2.33 bits per heavy atom. The second kappa shape index (κ2) is 7.95. The van der Waals surface area contributed by atoms with E-state index in [0.29, 0.717) is 13.0 Å². The third-order valence-electron chi connectivity index (χ3n) is 2.91. The maximum absolute atomic E-state index is 11.9. The summed E-state index contributed by atoms with van der Waals surface area (Å²) in [5, 5.41) is 19.7. The minimum atomic E-state index is -3.69. The van der Waals surface area contributed by atoms with E-state index in [-0.39, 0.29) is 10.5 Å². The van der Waals surface area contributed by atoms with Crippen molar-refractivity contribution in [1.29, 1.82) is 5.26 Å². The number of carbonyl (C=O) groups is 1. The summed E-state index contributed by atoms with van der Waals surface area (Å²) in [4.78, 5) is 11.9. The molecule has 1 aromatic rings. The molecule has 1 amide bonds. The first-order valence-corrected chi connectivity index (χ1v) is 8.85. The number of nitrogens with two attached hydrogens (primary N) is 1. The highest BCUT2D eigenvalue weighted by molar-refractivity contribution is 7.89. The van der Waals surface area contributed by atoms with Crippen molar-refractivity contribution in [1.82, 2.24) is 10.6 Å². The molecule has 0 aliphatic heterocycles. The van der Waals surface area contributed by atoms with Crippen molar-refractivity contribution in [2.75, 3.05) is 6.54 Å². The zero-order valence-electron chi connectivity index (χ0n) is 14.0. The van der Waals surface area contributed by atoms with E-state index in [4.69, 9.17) is 10.4 Å². The van der Waals surface area contributed by atoms with E-state index < -0.39 is 21.5 Å². The van der Waals surface area contributed by atoms with Gasteiger partial charge in [-0.1, -0.05) is 12.1 Å². The smallest absolute Gasteiger partial charge is 0.263 e. The average Bonchev–Trinajstić information content (AvgIpc) is 2.45. The number of primary sulfonamides is 1. The molecule has 0 atom stereocenters. The van der Waals surface area contributed by atoms with Crippen LogP contribution in [-0.4, -0.2) is 26.4 Å². The van der Waals surface area contributed by atoms with Gasteiger partial charge in [0.15, 0.2) is 0 Å². The maximum atomic E-state index is 11.9. The van der Waals surface area contributed by atoms with E-state index in [9.17, 15) is 13.2 Å². The van der Waals surface area contributed by atoms with Gasteiger partial charge in [-0.25, -0.2) is 13.6 Å². The molecule has 0 heterocycles. The summed E-state index contributed by atoms with van der Waals surface area (Å²) in [6.45, 7) is 5.98. The Labute approximate surface area is 142 Å². The molecule has 0 aliphatic carbocycles. The lowest BCUT2D eigenvalue weighted by atomic mass is 10.1. The van der Waals surface area contributed by atoms with Gasteiger partial charge in [0.1, 0.15) is 11.6 Å². The van der Waals surface area contributed by atoms with Gasteiger partial charge in [-0.15, -0.1) is 0 Å². The molecule has 4 N–H and O–H groups in total. The van der Waals surface area contributed by atoms with Crippen molar-refractivity contribution in [2.45, 2.75) is 37.6 Å². The largest absolute Gasteiger partial charge is 0.389 e. The second-order valence-electron chi connectivity index (χ2n) is 6.27. The third-order valence-corrected chi connectivity index (χ3v) is 3.84. The summed E-state index contributed by atoms with van der Waals surface area (Å²) < 4.78 is 22.3. The Morgan fingerprint density at radius 2 is 1.88 bits per heavy atom. The summed E-state index contributed by atoms with van der Waals surface area (Å²) in [7, 11) is -3.69. The van der Waals surface area contributed by atoms with Crippen LogP contribution in [0.1, 0.15) is 26.3 Å². The molecule has 0 fully saturated rings. The first-order valence-electron chi connectivity index (χ1n) is 7.31. The Bertz CT molecular complexity index is 754. The fraction of sp³-hybridized carbons (Fsp3) is 0.375. The Hall–Kier alpha value is -2.37. The number of nitrogens with zero attached hydrogens (tertiary/aromatic N) is 1. The van der Waals surface area contributed by atoms with Gasteiger partial charge in [0.2, 0.25) is 10.0 Å². The third kappa shape index (κ3) is 6.81. The molecule has 1 rings (SSSR count). The van der Waals surface area contributed by atoms with Crippen LogP contribution in [0.15, 0.2) is 40.9 Å². The zero-order valence-corrected chi connectivity index (χ0v) is 14.8. The first-order chi connectivity index (χ1) is 11.0. The summed E-state index contributed by atoms with van der Waals surface area (Å²) in [5.41, 5.74) is 0.480. The SMILES string of the molecule is CC(C)(C)NC(=O)/C(C#N)=C\NCCc1ccc(S(N)(=O)=O)cc1. The maximum Gasteiger partial charge on any atom is 0.263 e. The van der Waals surface area contributed by atoms with Gasteiger partial charge in [-0.3, -0.25) is 4.79 Å². The Balaban J connectivity index is 2.57. The monoisotopic (exact) mass is 350 g/mol. The molecule has 0 radical (unpaired) electrons. The Morgan fingerprint density at radius 1 is 1.29 bits per heavy atom. The molecule has 0 unspecified atom stereocenters. The van der Waals surface area contributed by atoms with Gasteiger partial charge in [0.05, 0.1) is 4.90 Å². The highest BCUT2D eigenvalue weighted by atomic mass is 32.2. The van der Waals surface area contributed by atoms with Crippen LogP contribution < -0.4 is 15.8 Å². The van der Waals surface area contributed by atoms with Crippen LogP contribution in [0.25, 0.3) is 0 Å². The van der Waals surface area contributed by atoms with Crippen LogP contribution in [0.4, 0.5) is 0 Å². The van der Waals surface area contributed by atoms with E-state index in [1.165, 1.54) is 18.3 Å². The zero-order chi connectivity index (χ0) is 18.4. The summed E-state index contributed by atoms with van der Waals surface area (Å²) >= 11 is 0. The summed E-state index contributed by atoms with van der Waals surface area (Å²) in [5.74, 6) is -0.435. The highest BCUT2D eigenvalue weighted by Crippen LogP contribution is 2.09. The summed E-state index contributed by atoms with van der Waals surface area (Å²) in [6, 6.07) is 8.08. The van der Waals surface area contributed by atoms with Crippen LogP contribution in [0.3, 0.4) is 0 Å². The summed E-state index contributed by atoms with van der Waals surface area (Å²) in [6.07, 6.45) is 1.97. The first kappa shape index (κ1) is 19.7. The van der Waals surface area contributed by atoms with Gasteiger partial charge in [-0.2, -0.15) is 5.26 Å². The number of hydrogen-bond donors (Lipinski definition) is 3. The molecule has 1 aromatic carbocycles. The topological polar surface area (TPSA) is 125 Å². The van der Waals surface area contributed by atoms with E-state index in [1.807, 2.05) is 26.8 Å². The predicted octanol–water partition coefficient (Wildman–Crippen LogP) is 0.788. The van der Waals surface area contributed by atoms with E-state index in [2.05, 4.69) is 10.6 Å². The number of amides is 1. The van der Waals surface area contributed by atoms with Crippen molar-refractivity contribution < 1.29 is 13.2 Å². The second-order valence-corrected chi connectivity index (χ2v) is 7.83. The molecule has 0 saturated heterocycles. The molecule has 0 spiro atoms. The van der Waals surface area contributed by atoms with Gasteiger partial charge in [0.25, 0.3) is 5.91 Å². The van der Waals surface area contributed by atoms with E-state index in [1.54, 1.807) is 12.1 Å². The van der Waals surface area contributed by atoms with Crippen molar-refractivity contribution in [3.05, 3.63) is 41.6 Å². The molecule has 130 valence electrons. The van der Waals surface area contributed by atoms with Crippen LogP contribution in [-0.2, 0) is 21.2 Å². The van der Waals surface area contributed by atoms with Crippen molar-refractivity contribution in [3.8, 4) is 6.07 Å². The molecule has 0 aromatic heterocycles. The lowest BCUT2D eigenvalue weighted by molar-refractivity contribution is -0.118. The molecular formula is C16H22N4O3S. The number of nitrogens with one attached hydrogen (secondary N) is 2. The lowest BCUT2D eigenvalue weighted by Crippen LogP contribution is -2.41. The normalized spacial score (nSPS) is 12.4. The number of sulfonamides is 1. The average molecular weight is 350 g/mol. The Kier molecular flexibility index (Phi) is 6.51. The van der Waals surface area contributed by atoms with Crippen molar-refractivity contribution >= 4 is 15.9 Å². The highest BCUT2D eigenvalue weighted by Gasteiger charge is 2.16. The van der Waals surface area contributed by atoms with Crippen LogP contribution in [0, 0.1) is 11.3 Å². The van der Waals surface area contributed by atoms with E-state index >= 15 is 0 Å². The van der Waals surface area contributed by atoms with Gasteiger partial charge in [-0.05, 0) is 44.9 Å². The van der Waals surface area contributed by atoms with Gasteiger partial charge < -0.3 is 10.6 Å². The molecule has 7 nitrogen and oxygen atoms in total. The van der Waals surface area contributed by atoms with E-state index in [0.717, 1.165) is 5.56 Å². The number of carbonyl (C=O) groups excluding carboxylic acids is 1. The number of rotatable bonds is 6. The molecule has 24 heavy (non-hydrogen) atoms. The van der Waals surface area contributed by atoms with Gasteiger partial charge in [0, 0.05) is 18.3 Å². The standard InChI is InChI=1S/C16H22N4O3S/c1-16(2,3)20-15(21)13(10-17)11-19-9-8-12-4-6-14(7-5-12)24(18,22)23/h4-7,11,19H,8-9H2,1-3H3,(H,20,21)(H2,18,22,23)/b13-11-. The minimum absolute atomic E-state index is 0.00509. The number of nitriles is 1. The van der Waals surface area contributed by atoms with Crippen LogP contribution >= 0.6 is 0 Å². The fourth-order valence-corrected chi connectivity index (χ4v) is 2.31. The number of benzene rings is 1. The van der Waals surface area contributed by atoms with Crippen molar-refractivity contribution in [3.63, 3.8) is 0 Å². The molecular weight excluding hydrogens is 328 g/mol. The molecule has 8 heteroatoms. The minimum Gasteiger partial charge on any atom is -0.389 e. The lowest BCUT2D eigenvalue weighted by Gasteiger charge is -2.20. The van der Waals surface area contributed by atoms with Crippen molar-refractivity contribution in [2.24, 2.45) is 5.14 Å². The molecule has 0 bridgehead atoms. The predicted molar refractivity (Wildman–Crippen MR) is 91.1 cm³/mol. The quantitative estimate of drug-likeness (QED) is 0.397. The molecule has 0 saturated carbocycles.